The molecule has 0 spiro atoms. The second-order valence-corrected chi connectivity index (χ2v) is 6.61. The number of carbonyl (C=O) groups is 1. The molecule has 1 saturated heterocycles. The Labute approximate surface area is 150 Å². The van der Waals surface area contributed by atoms with E-state index in [-0.39, 0.29) is 12.1 Å². The van der Waals surface area contributed by atoms with Gasteiger partial charge in [-0.1, -0.05) is 26.0 Å². The van der Waals surface area contributed by atoms with Crippen molar-refractivity contribution in [2.24, 2.45) is 5.92 Å². The average Bonchev–Trinajstić information content (AvgIpc) is 2.59. The fourth-order valence-electron chi connectivity index (χ4n) is 2.79. The minimum atomic E-state index is -0.349. The predicted molar refractivity (Wildman–Crippen MR) is 98.6 cm³/mol. The quantitative estimate of drug-likeness (QED) is 0.534. The lowest BCUT2D eigenvalue weighted by atomic mass is 10.2. The highest BCUT2D eigenvalue weighted by atomic mass is 16.6. The smallest absolute Gasteiger partial charge is 0.330 e. The lowest BCUT2D eigenvalue weighted by Gasteiger charge is -2.33. The van der Waals surface area contributed by atoms with E-state index in [0.717, 1.165) is 30.9 Å². The summed E-state index contributed by atoms with van der Waals surface area (Å²) >= 11 is 0. The van der Waals surface area contributed by atoms with Gasteiger partial charge in [-0.15, -0.1) is 0 Å². The van der Waals surface area contributed by atoms with Crippen LogP contribution >= 0.6 is 0 Å². The molecule has 5 heteroatoms. The summed E-state index contributed by atoms with van der Waals surface area (Å²) in [7, 11) is 0. The van der Waals surface area contributed by atoms with Crippen LogP contribution in [-0.4, -0.2) is 56.4 Å². The van der Waals surface area contributed by atoms with Crippen molar-refractivity contribution in [2.75, 3.05) is 39.5 Å². The lowest BCUT2D eigenvalue weighted by molar-refractivity contribution is -0.144. The first-order valence-corrected chi connectivity index (χ1v) is 8.98. The van der Waals surface area contributed by atoms with Crippen molar-refractivity contribution in [3.8, 4) is 5.75 Å². The Morgan fingerprint density at radius 2 is 2.12 bits per heavy atom. The highest BCUT2D eigenvalue weighted by Gasteiger charge is 2.21. The highest BCUT2D eigenvalue weighted by molar-refractivity contribution is 5.87. The van der Waals surface area contributed by atoms with Gasteiger partial charge < -0.3 is 14.2 Å². The molecule has 0 N–H and O–H groups in total. The van der Waals surface area contributed by atoms with Crippen molar-refractivity contribution in [1.29, 1.82) is 0 Å². The van der Waals surface area contributed by atoms with Crippen LogP contribution in [0.5, 0.6) is 5.75 Å². The monoisotopic (exact) mass is 347 g/mol. The largest absolute Gasteiger partial charge is 0.494 e. The van der Waals surface area contributed by atoms with E-state index >= 15 is 0 Å². The number of morpholine rings is 1. The summed E-state index contributed by atoms with van der Waals surface area (Å²) in [6.07, 6.45) is 3.14. The van der Waals surface area contributed by atoms with Gasteiger partial charge >= 0.3 is 5.97 Å². The van der Waals surface area contributed by atoms with Crippen LogP contribution in [0.3, 0.4) is 0 Å². The first kappa shape index (κ1) is 19.5. The number of rotatable bonds is 8. The second kappa shape index (κ2) is 10.2. The lowest BCUT2D eigenvalue weighted by Crippen LogP contribution is -2.45. The van der Waals surface area contributed by atoms with E-state index in [2.05, 4.69) is 18.7 Å². The van der Waals surface area contributed by atoms with Crippen LogP contribution in [0.2, 0.25) is 0 Å². The summed E-state index contributed by atoms with van der Waals surface area (Å²) in [5.74, 6) is 1.10. The van der Waals surface area contributed by atoms with Gasteiger partial charge in [0.25, 0.3) is 0 Å². The maximum absolute atomic E-state index is 11.9. The van der Waals surface area contributed by atoms with Crippen LogP contribution in [0.1, 0.15) is 26.3 Å². The Balaban J connectivity index is 1.74. The molecular weight excluding hydrogens is 318 g/mol. The standard InChI is InChI=1S/C20H29NO4/c1-4-23-18-8-5-17(6-9-18)7-10-20(22)25-15-19-14-21(11-12-24-19)13-16(2)3/h5-10,16,19H,4,11-15H2,1-3H3/b10-7+. The summed E-state index contributed by atoms with van der Waals surface area (Å²) in [5, 5.41) is 0. The minimum Gasteiger partial charge on any atom is -0.494 e. The van der Waals surface area contributed by atoms with Gasteiger partial charge in [-0.3, -0.25) is 4.90 Å². The molecule has 1 aliphatic heterocycles. The Morgan fingerprint density at radius 1 is 1.36 bits per heavy atom. The number of benzene rings is 1. The molecular formula is C20H29NO4. The third kappa shape index (κ3) is 7.28. The first-order chi connectivity index (χ1) is 12.1. The van der Waals surface area contributed by atoms with Crippen molar-refractivity contribution >= 4 is 12.0 Å². The van der Waals surface area contributed by atoms with Crippen LogP contribution in [0.25, 0.3) is 6.08 Å². The van der Waals surface area contributed by atoms with Crippen LogP contribution in [0.4, 0.5) is 0 Å². The van der Waals surface area contributed by atoms with Crippen molar-refractivity contribution in [3.63, 3.8) is 0 Å². The van der Waals surface area contributed by atoms with Crippen molar-refractivity contribution in [1.82, 2.24) is 4.90 Å². The van der Waals surface area contributed by atoms with Crippen molar-refractivity contribution < 1.29 is 19.0 Å². The fourth-order valence-corrected chi connectivity index (χ4v) is 2.79. The SMILES string of the molecule is CCOc1ccc(/C=C/C(=O)OCC2CN(CC(C)C)CCO2)cc1. The fraction of sp³-hybridized carbons (Fsp3) is 0.550. The van der Waals surface area contributed by atoms with E-state index < -0.39 is 0 Å². The molecule has 0 bridgehead atoms. The highest BCUT2D eigenvalue weighted by Crippen LogP contribution is 2.13. The molecule has 1 aromatic rings. The zero-order valence-electron chi connectivity index (χ0n) is 15.4. The summed E-state index contributed by atoms with van der Waals surface area (Å²) in [4.78, 5) is 14.2. The van der Waals surface area contributed by atoms with Gasteiger partial charge in [-0.25, -0.2) is 4.79 Å². The van der Waals surface area contributed by atoms with Gasteiger partial charge in [-0.05, 0) is 36.6 Å². The third-order valence-electron chi connectivity index (χ3n) is 3.86. The summed E-state index contributed by atoms with van der Waals surface area (Å²) in [5.41, 5.74) is 0.928. The number of hydrogen-bond donors (Lipinski definition) is 0. The van der Waals surface area contributed by atoms with E-state index in [1.807, 2.05) is 31.2 Å². The van der Waals surface area contributed by atoms with Gasteiger partial charge in [0.05, 0.1) is 13.2 Å². The number of ether oxygens (including phenoxy) is 3. The van der Waals surface area contributed by atoms with Gasteiger partial charge in [0.1, 0.15) is 18.5 Å². The van der Waals surface area contributed by atoms with E-state index in [1.165, 1.54) is 6.08 Å². The average molecular weight is 347 g/mol. The maximum atomic E-state index is 11.9. The van der Waals surface area contributed by atoms with Crippen LogP contribution in [-0.2, 0) is 14.3 Å². The molecule has 25 heavy (non-hydrogen) atoms. The number of hydrogen-bond acceptors (Lipinski definition) is 5. The van der Waals surface area contributed by atoms with E-state index in [1.54, 1.807) is 6.08 Å². The molecule has 0 radical (unpaired) electrons. The Morgan fingerprint density at radius 3 is 2.80 bits per heavy atom. The summed E-state index contributed by atoms with van der Waals surface area (Å²) < 4.78 is 16.4. The summed E-state index contributed by atoms with van der Waals surface area (Å²) in [6, 6.07) is 7.58. The normalized spacial score (nSPS) is 18.6. The van der Waals surface area contributed by atoms with Crippen molar-refractivity contribution in [2.45, 2.75) is 26.9 Å². The molecule has 2 rings (SSSR count). The Kier molecular flexibility index (Phi) is 7.95. The maximum Gasteiger partial charge on any atom is 0.330 e. The zero-order chi connectivity index (χ0) is 18.1. The number of nitrogens with zero attached hydrogens (tertiary/aromatic N) is 1. The molecule has 1 fully saturated rings. The molecule has 0 aromatic heterocycles. The molecule has 1 aliphatic rings. The van der Waals surface area contributed by atoms with Crippen LogP contribution < -0.4 is 4.74 Å². The zero-order valence-corrected chi connectivity index (χ0v) is 15.4. The van der Waals surface area contributed by atoms with E-state index in [0.29, 0.717) is 25.7 Å². The molecule has 1 atom stereocenters. The van der Waals surface area contributed by atoms with Crippen molar-refractivity contribution in [3.05, 3.63) is 35.9 Å². The van der Waals surface area contributed by atoms with E-state index in [4.69, 9.17) is 14.2 Å². The molecule has 0 amide bonds. The van der Waals surface area contributed by atoms with Gasteiger partial charge in [-0.2, -0.15) is 0 Å². The molecule has 1 aromatic carbocycles. The summed E-state index contributed by atoms with van der Waals surface area (Å²) in [6.45, 7) is 10.8. The molecule has 1 unspecified atom stereocenters. The number of esters is 1. The number of carbonyl (C=O) groups excluding carboxylic acids is 1. The molecule has 0 aliphatic carbocycles. The van der Waals surface area contributed by atoms with Crippen LogP contribution in [0, 0.1) is 5.92 Å². The Hall–Kier alpha value is -1.85. The predicted octanol–water partition coefficient (Wildman–Crippen LogP) is 3.00. The van der Waals surface area contributed by atoms with Gasteiger partial charge in [0.2, 0.25) is 0 Å². The van der Waals surface area contributed by atoms with Gasteiger partial charge in [0, 0.05) is 25.7 Å². The van der Waals surface area contributed by atoms with E-state index in [9.17, 15) is 4.79 Å². The molecule has 1 heterocycles. The second-order valence-electron chi connectivity index (χ2n) is 6.61. The third-order valence-corrected chi connectivity index (χ3v) is 3.86. The Bertz CT molecular complexity index is 553. The van der Waals surface area contributed by atoms with Crippen LogP contribution in [0.15, 0.2) is 30.3 Å². The minimum absolute atomic E-state index is 0.0460. The topological polar surface area (TPSA) is 48.0 Å². The molecule has 5 nitrogen and oxygen atoms in total. The molecule has 0 saturated carbocycles. The van der Waals surface area contributed by atoms with Gasteiger partial charge in [0.15, 0.2) is 0 Å². The molecule has 138 valence electrons. The first-order valence-electron chi connectivity index (χ1n) is 8.98.